The second kappa shape index (κ2) is 15.8. The quantitative estimate of drug-likeness (QED) is 0.141. The van der Waals surface area contributed by atoms with Gasteiger partial charge in [-0.15, -0.1) is 0 Å². The molecule has 0 spiro atoms. The van der Waals surface area contributed by atoms with Gasteiger partial charge in [-0.25, -0.2) is 0 Å². The Morgan fingerprint density at radius 3 is 2.23 bits per heavy atom. The summed E-state index contributed by atoms with van der Waals surface area (Å²) in [6, 6.07) is 9.39. The van der Waals surface area contributed by atoms with Crippen LogP contribution < -0.4 is 38.6 Å². The fourth-order valence-electron chi connectivity index (χ4n) is 4.16. The number of halogens is 3. The van der Waals surface area contributed by atoms with E-state index in [-0.39, 0.29) is 25.5 Å². The molecule has 0 saturated heterocycles. The van der Waals surface area contributed by atoms with Gasteiger partial charge in [-0.1, -0.05) is 23.8 Å². The smallest absolute Gasteiger partial charge is 0.423 e. The highest BCUT2D eigenvalue weighted by Gasteiger charge is 2.40. The van der Waals surface area contributed by atoms with Gasteiger partial charge in [0.05, 0.1) is 29.7 Å². The summed E-state index contributed by atoms with van der Waals surface area (Å²) in [6.07, 6.45) is -3.39. The van der Waals surface area contributed by atoms with Gasteiger partial charge in [0.25, 0.3) is 0 Å². The average Bonchev–Trinajstić information content (AvgIpc) is 3.17. The molecule has 3 rings (SSSR count). The first-order chi connectivity index (χ1) is 20.1. The average molecular weight is 608 g/mol. The lowest BCUT2D eigenvalue weighted by atomic mass is 9.78. The van der Waals surface area contributed by atoms with Gasteiger partial charge < -0.3 is 42.8 Å². The number of carbonyl (C=O) groups is 3. The summed E-state index contributed by atoms with van der Waals surface area (Å²) in [5.41, 5.74) is 18.3. The van der Waals surface area contributed by atoms with E-state index < -0.39 is 48.2 Å². The monoisotopic (exact) mass is 608 g/mol. The molecule has 43 heavy (non-hydrogen) atoms. The van der Waals surface area contributed by atoms with Gasteiger partial charge >= 0.3 is 13.3 Å². The van der Waals surface area contributed by atoms with E-state index in [0.717, 1.165) is 23.3 Å². The van der Waals surface area contributed by atoms with E-state index in [1.54, 1.807) is 25.1 Å². The lowest BCUT2D eigenvalue weighted by Crippen LogP contribution is -2.44. The third kappa shape index (κ3) is 10.9. The van der Waals surface area contributed by atoms with Gasteiger partial charge in [0, 0.05) is 25.3 Å². The van der Waals surface area contributed by atoms with E-state index in [2.05, 4.69) is 16.0 Å². The molecule has 3 amide bonds. The molecule has 1 unspecified atom stereocenters. The summed E-state index contributed by atoms with van der Waals surface area (Å²) in [5.74, 6) is -1.55. The molecular formula is C28H40BF3N6O5. The fourth-order valence-corrected chi connectivity index (χ4v) is 4.16. The molecule has 0 saturated carbocycles. The zero-order valence-corrected chi connectivity index (χ0v) is 24.5. The molecule has 1 atom stereocenters. The van der Waals surface area contributed by atoms with Crippen molar-refractivity contribution >= 4 is 36.0 Å². The van der Waals surface area contributed by atoms with E-state index in [1.165, 1.54) is 12.1 Å². The molecule has 10 N–H and O–H groups in total. The third-order valence-corrected chi connectivity index (χ3v) is 6.73. The van der Waals surface area contributed by atoms with Gasteiger partial charge in [-0.3, -0.25) is 14.4 Å². The topological polar surface area (TPSA) is 195 Å². The number of hydrogen-bond acceptors (Lipinski definition) is 8. The van der Waals surface area contributed by atoms with Crippen molar-refractivity contribution in [1.29, 1.82) is 0 Å². The first-order valence-corrected chi connectivity index (χ1v) is 13.7. The fraction of sp³-hybridized carbons (Fsp3) is 0.464. The Labute approximate surface area is 249 Å². The van der Waals surface area contributed by atoms with Crippen LogP contribution >= 0.6 is 0 Å². The summed E-state index contributed by atoms with van der Waals surface area (Å²) >= 11 is 0. The first-order valence-electron chi connectivity index (χ1n) is 13.7. The van der Waals surface area contributed by atoms with E-state index >= 15 is 0 Å². The number of hydrogen-bond donors (Lipinski definition) is 7. The van der Waals surface area contributed by atoms with Crippen molar-refractivity contribution in [3.05, 3.63) is 59.2 Å². The lowest BCUT2D eigenvalue weighted by Gasteiger charge is -2.19. The number of fused-ring (bicyclic) bond motifs is 1. The molecule has 0 radical (unpaired) electrons. The van der Waals surface area contributed by atoms with Crippen molar-refractivity contribution in [2.45, 2.75) is 51.4 Å². The van der Waals surface area contributed by atoms with Crippen LogP contribution in [-0.4, -0.2) is 62.1 Å². The number of rotatable bonds is 11. The van der Waals surface area contributed by atoms with Gasteiger partial charge in [-0.05, 0) is 68.9 Å². The largest absolute Gasteiger partial charge is 0.492 e. The van der Waals surface area contributed by atoms with E-state index in [4.69, 9.17) is 21.9 Å². The normalized spacial score (nSPS) is 14.3. The Kier molecular flexibility index (Phi) is 13.1. The molecule has 0 fully saturated rings. The number of alkyl halides is 3. The Balaban J connectivity index is 0.000000490. The van der Waals surface area contributed by atoms with Gasteiger partial charge in [0.2, 0.25) is 17.7 Å². The summed E-state index contributed by atoms with van der Waals surface area (Å²) in [5, 5.41) is 17.9. The van der Waals surface area contributed by atoms with Crippen LogP contribution in [0.5, 0.6) is 0 Å². The van der Waals surface area contributed by atoms with E-state index in [1.807, 2.05) is 13.8 Å². The van der Waals surface area contributed by atoms with Crippen LogP contribution in [-0.2, 0) is 30.8 Å². The van der Waals surface area contributed by atoms with Crippen LogP contribution in [0.3, 0.4) is 0 Å². The van der Waals surface area contributed by atoms with Crippen LogP contribution in [0.15, 0.2) is 42.5 Å². The number of benzene rings is 2. The number of nitrogens with one attached hydrogen (secondary N) is 3. The summed E-state index contributed by atoms with van der Waals surface area (Å²) in [4.78, 5) is 36.1. The van der Waals surface area contributed by atoms with Crippen LogP contribution in [0.4, 0.5) is 18.9 Å². The summed E-state index contributed by atoms with van der Waals surface area (Å²) < 4.78 is 41.3. The van der Waals surface area contributed by atoms with Crippen molar-refractivity contribution in [1.82, 2.24) is 10.6 Å². The van der Waals surface area contributed by atoms with Crippen LogP contribution in [0.1, 0.15) is 43.4 Å². The molecule has 1 aliphatic heterocycles. The molecule has 236 valence electrons. The van der Waals surface area contributed by atoms with E-state index in [0.29, 0.717) is 30.5 Å². The van der Waals surface area contributed by atoms with Crippen molar-refractivity contribution in [2.24, 2.45) is 23.1 Å². The first kappa shape index (κ1) is 35.7. The summed E-state index contributed by atoms with van der Waals surface area (Å²) in [6.45, 7) is 5.89. The third-order valence-electron chi connectivity index (χ3n) is 6.73. The van der Waals surface area contributed by atoms with Crippen molar-refractivity contribution in [3.8, 4) is 0 Å². The number of aryl methyl sites for hydroxylation is 1. The minimum Gasteiger partial charge on any atom is -0.423 e. The lowest BCUT2D eigenvalue weighted by molar-refractivity contribution is -0.137. The van der Waals surface area contributed by atoms with Crippen LogP contribution in [0, 0.1) is 12.8 Å². The predicted octanol–water partition coefficient (Wildman–Crippen LogP) is 0.465. The minimum absolute atomic E-state index is 0.171. The zero-order chi connectivity index (χ0) is 32.4. The second-order valence-corrected chi connectivity index (χ2v) is 10.6. The highest BCUT2D eigenvalue weighted by molar-refractivity contribution is 6.62. The maximum atomic E-state index is 12.2. The number of amides is 3. The highest BCUT2D eigenvalue weighted by atomic mass is 19.4. The van der Waals surface area contributed by atoms with Crippen molar-refractivity contribution < 1.29 is 37.2 Å². The van der Waals surface area contributed by atoms with Crippen molar-refractivity contribution in [3.63, 3.8) is 0 Å². The van der Waals surface area contributed by atoms with Crippen molar-refractivity contribution in [2.75, 3.05) is 31.5 Å². The SMILES string of the molecule is CC1(C)OB(O)c2cc(NC(=O)CNC(=O)C(N)CCCNC(=O)C(CN)CN)ccc21.Cc1ccc(C(F)(F)F)cc1. The maximum Gasteiger partial charge on any atom is 0.492 e. The molecule has 2 aromatic carbocycles. The zero-order valence-electron chi connectivity index (χ0n) is 24.5. The van der Waals surface area contributed by atoms with E-state index in [9.17, 15) is 32.6 Å². The number of carbonyl (C=O) groups excluding carboxylic acids is 3. The Morgan fingerprint density at radius 2 is 1.65 bits per heavy atom. The molecule has 11 nitrogen and oxygen atoms in total. The van der Waals surface area contributed by atoms with Gasteiger partial charge in [0.1, 0.15) is 0 Å². The highest BCUT2D eigenvalue weighted by Crippen LogP contribution is 2.31. The van der Waals surface area contributed by atoms with Crippen LogP contribution in [0.2, 0.25) is 0 Å². The van der Waals surface area contributed by atoms with Crippen LogP contribution in [0.25, 0.3) is 0 Å². The number of anilines is 1. The van der Waals surface area contributed by atoms with Gasteiger partial charge in [0.15, 0.2) is 0 Å². The number of nitrogens with two attached hydrogens (primary N) is 3. The second-order valence-electron chi connectivity index (χ2n) is 10.6. The molecule has 15 heteroatoms. The maximum absolute atomic E-state index is 12.2. The molecule has 1 heterocycles. The molecule has 0 aromatic heterocycles. The van der Waals surface area contributed by atoms with Gasteiger partial charge in [-0.2, -0.15) is 13.2 Å². The molecule has 1 aliphatic rings. The molecule has 0 bridgehead atoms. The predicted molar refractivity (Wildman–Crippen MR) is 158 cm³/mol. The Morgan fingerprint density at radius 1 is 1.02 bits per heavy atom. The molecule has 0 aliphatic carbocycles. The molecular weight excluding hydrogens is 568 g/mol. The molecule has 2 aromatic rings. The Hall–Kier alpha value is -3.50. The Bertz CT molecular complexity index is 1240. The minimum atomic E-state index is -4.21. The summed E-state index contributed by atoms with van der Waals surface area (Å²) in [7, 11) is -1.06. The standard InChI is InChI=1S/C20H33BN6O5.C8H7F3/c1-20(2)14-6-5-13(8-15(14)21(31)32-20)27-17(28)11-26-19(30)16(24)4-3-7-25-18(29)12(9-22)10-23;1-6-2-4-7(5-3-6)8(9,10)11/h5-6,8,12,16,31H,3-4,7,9-11,22-24H2,1-2H3,(H,25,29)(H,26,30)(H,27,28);2-5H,1H3.